The molecule has 1 unspecified atom stereocenters. The van der Waals surface area contributed by atoms with Crippen LogP contribution in [-0.4, -0.2) is 43.4 Å². The molecule has 2 aromatic rings. The van der Waals surface area contributed by atoms with Crippen molar-refractivity contribution in [1.82, 2.24) is 14.5 Å². The fraction of sp³-hybridized carbons (Fsp3) is 0.591. The van der Waals surface area contributed by atoms with Crippen molar-refractivity contribution in [2.75, 3.05) is 13.1 Å². The van der Waals surface area contributed by atoms with Crippen molar-refractivity contribution in [3.8, 4) is 0 Å². The van der Waals surface area contributed by atoms with E-state index in [2.05, 4.69) is 34.1 Å². The summed E-state index contributed by atoms with van der Waals surface area (Å²) in [6, 6.07) is 8.76. The SMILES string of the molecule is Cn1ccnc1C(O)C1CCN(Cc2ccc(CCC(C)(C)O)cc2)CC1. The summed E-state index contributed by atoms with van der Waals surface area (Å²) < 4.78 is 1.91. The average Bonchev–Trinajstić information content (AvgIpc) is 3.06. The lowest BCUT2D eigenvalue weighted by molar-refractivity contribution is 0.0492. The molecule has 0 bridgehead atoms. The van der Waals surface area contributed by atoms with Crippen LogP contribution in [0.15, 0.2) is 36.7 Å². The smallest absolute Gasteiger partial charge is 0.137 e. The second kappa shape index (κ2) is 8.55. The van der Waals surface area contributed by atoms with Crippen molar-refractivity contribution < 1.29 is 10.2 Å². The Labute approximate surface area is 162 Å². The lowest BCUT2D eigenvalue weighted by atomic mass is 9.90. The highest BCUT2D eigenvalue weighted by Gasteiger charge is 2.28. The van der Waals surface area contributed by atoms with Crippen molar-refractivity contribution in [3.05, 3.63) is 53.6 Å². The minimum absolute atomic E-state index is 0.284. The lowest BCUT2D eigenvalue weighted by Crippen LogP contribution is -2.35. The van der Waals surface area contributed by atoms with Gasteiger partial charge >= 0.3 is 0 Å². The third-order valence-electron chi connectivity index (χ3n) is 5.66. The summed E-state index contributed by atoms with van der Waals surface area (Å²) >= 11 is 0. The Morgan fingerprint density at radius 2 is 1.78 bits per heavy atom. The monoisotopic (exact) mass is 371 g/mol. The van der Waals surface area contributed by atoms with Gasteiger partial charge in [-0.2, -0.15) is 0 Å². The largest absolute Gasteiger partial charge is 0.390 e. The summed E-state index contributed by atoms with van der Waals surface area (Å²) in [6.45, 7) is 6.68. The van der Waals surface area contributed by atoms with Crippen LogP contribution in [0.25, 0.3) is 0 Å². The first-order valence-electron chi connectivity index (χ1n) is 10.00. The van der Waals surface area contributed by atoms with Gasteiger partial charge in [0.1, 0.15) is 11.9 Å². The maximum atomic E-state index is 10.6. The van der Waals surface area contributed by atoms with Gasteiger partial charge in [0.05, 0.1) is 5.60 Å². The molecule has 2 heterocycles. The van der Waals surface area contributed by atoms with E-state index < -0.39 is 11.7 Å². The normalized spacial score (nSPS) is 18.0. The van der Waals surface area contributed by atoms with Gasteiger partial charge in [-0.3, -0.25) is 4.90 Å². The van der Waals surface area contributed by atoms with Crippen LogP contribution >= 0.6 is 0 Å². The number of rotatable bonds is 7. The third kappa shape index (κ3) is 5.64. The number of benzene rings is 1. The van der Waals surface area contributed by atoms with Crippen LogP contribution in [0.1, 0.15) is 56.2 Å². The minimum atomic E-state index is -0.609. The van der Waals surface area contributed by atoms with E-state index in [1.807, 2.05) is 31.7 Å². The van der Waals surface area contributed by atoms with Crippen molar-refractivity contribution in [1.29, 1.82) is 0 Å². The van der Waals surface area contributed by atoms with E-state index in [0.29, 0.717) is 0 Å². The summed E-state index contributed by atoms with van der Waals surface area (Å²) in [6.07, 6.45) is 6.84. The van der Waals surface area contributed by atoms with Gasteiger partial charge in [0.15, 0.2) is 0 Å². The molecule has 0 saturated carbocycles. The van der Waals surface area contributed by atoms with Crippen LogP contribution < -0.4 is 0 Å². The van der Waals surface area contributed by atoms with Gasteiger partial charge in [-0.25, -0.2) is 4.98 Å². The molecule has 1 aromatic carbocycles. The van der Waals surface area contributed by atoms with Gasteiger partial charge in [0, 0.05) is 26.0 Å². The van der Waals surface area contributed by atoms with Crippen LogP contribution in [0.3, 0.4) is 0 Å². The molecule has 0 aliphatic carbocycles. The Hall–Kier alpha value is -1.69. The number of piperidine rings is 1. The molecule has 1 aliphatic rings. The number of aliphatic hydroxyl groups excluding tert-OH is 1. The molecular formula is C22H33N3O2. The Balaban J connectivity index is 1.47. The maximum absolute atomic E-state index is 10.6. The fourth-order valence-corrected chi connectivity index (χ4v) is 3.82. The second-order valence-electron chi connectivity index (χ2n) is 8.58. The number of imidazole rings is 1. The van der Waals surface area contributed by atoms with E-state index in [1.54, 1.807) is 6.20 Å². The first kappa shape index (κ1) is 20.1. The zero-order valence-corrected chi connectivity index (χ0v) is 16.8. The summed E-state index contributed by atoms with van der Waals surface area (Å²) in [5, 5.41) is 20.5. The Bertz CT molecular complexity index is 710. The van der Waals surface area contributed by atoms with E-state index in [1.165, 1.54) is 11.1 Å². The van der Waals surface area contributed by atoms with Crippen molar-refractivity contribution >= 4 is 0 Å². The number of aliphatic hydroxyl groups is 2. The standard InChI is InChI=1S/C22H33N3O2/c1-22(2,27)11-8-17-4-6-18(7-5-17)16-25-13-9-19(10-14-25)20(26)21-23-12-15-24(21)3/h4-7,12,15,19-20,26-27H,8-11,13-14,16H2,1-3H3. The molecule has 1 atom stereocenters. The highest BCUT2D eigenvalue weighted by atomic mass is 16.3. The molecular weight excluding hydrogens is 338 g/mol. The molecule has 1 fully saturated rings. The van der Waals surface area contributed by atoms with Crippen LogP contribution in [0.2, 0.25) is 0 Å². The van der Waals surface area contributed by atoms with Crippen molar-refractivity contribution in [2.24, 2.45) is 13.0 Å². The molecule has 5 nitrogen and oxygen atoms in total. The topological polar surface area (TPSA) is 61.5 Å². The van der Waals surface area contributed by atoms with Crippen LogP contribution in [0.5, 0.6) is 0 Å². The van der Waals surface area contributed by atoms with E-state index in [-0.39, 0.29) is 5.92 Å². The predicted octanol–water partition coefficient (Wildman–Crippen LogP) is 3.07. The van der Waals surface area contributed by atoms with Crippen LogP contribution in [-0.2, 0) is 20.0 Å². The maximum Gasteiger partial charge on any atom is 0.137 e. The van der Waals surface area contributed by atoms with Crippen LogP contribution in [0, 0.1) is 5.92 Å². The molecule has 1 aliphatic heterocycles. The summed E-state index contributed by atoms with van der Waals surface area (Å²) in [4.78, 5) is 6.77. The summed E-state index contributed by atoms with van der Waals surface area (Å²) in [5.41, 5.74) is 1.99. The molecule has 148 valence electrons. The Morgan fingerprint density at radius 1 is 1.15 bits per heavy atom. The Morgan fingerprint density at radius 3 is 2.33 bits per heavy atom. The summed E-state index contributed by atoms with van der Waals surface area (Å²) in [7, 11) is 1.94. The molecule has 0 radical (unpaired) electrons. The first-order chi connectivity index (χ1) is 12.8. The van der Waals surface area contributed by atoms with Crippen LogP contribution in [0.4, 0.5) is 0 Å². The number of aromatic nitrogens is 2. The highest BCUT2D eigenvalue weighted by Crippen LogP contribution is 2.30. The molecule has 0 spiro atoms. The van der Waals surface area contributed by atoms with Gasteiger partial charge < -0.3 is 14.8 Å². The van der Waals surface area contributed by atoms with E-state index >= 15 is 0 Å². The first-order valence-corrected chi connectivity index (χ1v) is 10.00. The molecule has 3 rings (SSSR count). The zero-order valence-electron chi connectivity index (χ0n) is 16.8. The van der Waals surface area contributed by atoms with Gasteiger partial charge in [-0.15, -0.1) is 0 Å². The molecule has 1 aromatic heterocycles. The highest BCUT2D eigenvalue weighted by molar-refractivity contribution is 5.23. The second-order valence-corrected chi connectivity index (χ2v) is 8.58. The molecule has 1 saturated heterocycles. The summed E-state index contributed by atoms with van der Waals surface area (Å²) in [5.74, 6) is 1.06. The molecule has 2 N–H and O–H groups in total. The van der Waals surface area contributed by atoms with E-state index in [4.69, 9.17) is 0 Å². The molecule has 5 heteroatoms. The van der Waals surface area contributed by atoms with Gasteiger partial charge in [-0.05, 0) is 69.7 Å². The van der Waals surface area contributed by atoms with Gasteiger partial charge in [-0.1, -0.05) is 24.3 Å². The fourth-order valence-electron chi connectivity index (χ4n) is 3.82. The predicted molar refractivity (Wildman–Crippen MR) is 107 cm³/mol. The zero-order chi connectivity index (χ0) is 19.4. The third-order valence-corrected chi connectivity index (χ3v) is 5.66. The number of nitrogens with zero attached hydrogens (tertiary/aromatic N) is 3. The number of hydrogen-bond donors (Lipinski definition) is 2. The quantitative estimate of drug-likeness (QED) is 0.785. The average molecular weight is 372 g/mol. The molecule has 0 amide bonds. The van der Waals surface area contributed by atoms with E-state index in [0.717, 1.165) is 51.1 Å². The number of aryl methyl sites for hydroxylation is 2. The van der Waals surface area contributed by atoms with Gasteiger partial charge in [0.25, 0.3) is 0 Å². The Kier molecular flexibility index (Phi) is 6.35. The minimum Gasteiger partial charge on any atom is -0.390 e. The van der Waals surface area contributed by atoms with Crippen molar-refractivity contribution in [3.63, 3.8) is 0 Å². The number of likely N-dealkylation sites (tertiary alicyclic amines) is 1. The van der Waals surface area contributed by atoms with E-state index in [9.17, 15) is 10.2 Å². The van der Waals surface area contributed by atoms with Crippen molar-refractivity contribution in [2.45, 2.75) is 57.8 Å². The lowest BCUT2D eigenvalue weighted by Gasteiger charge is -2.34. The van der Waals surface area contributed by atoms with Gasteiger partial charge in [0.2, 0.25) is 0 Å². The molecule has 27 heavy (non-hydrogen) atoms. The number of hydrogen-bond acceptors (Lipinski definition) is 4.